The van der Waals surface area contributed by atoms with Crippen molar-refractivity contribution in [1.29, 1.82) is 0 Å². The highest BCUT2D eigenvalue weighted by Gasteiger charge is 2.31. The minimum Gasteiger partial charge on any atom is -0.379 e. The van der Waals surface area contributed by atoms with Crippen LogP contribution in [-0.2, 0) is 9.53 Å². The highest BCUT2D eigenvalue weighted by Crippen LogP contribution is 2.29. The van der Waals surface area contributed by atoms with Crippen LogP contribution in [0.3, 0.4) is 0 Å². The second-order valence-electron chi connectivity index (χ2n) is 7.91. The first-order valence-electron chi connectivity index (χ1n) is 9.95. The Morgan fingerprint density at radius 3 is 2.46 bits per heavy atom. The molecular formula is C19H33FN2O2. The summed E-state index contributed by atoms with van der Waals surface area (Å²) in [5.41, 5.74) is 0. The molecule has 0 aromatic heterocycles. The number of hydrogen-bond acceptors (Lipinski definition) is 3. The lowest BCUT2D eigenvalue weighted by molar-refractivity contribution is -0.139. The summed E-state index contributed by atoms with van der Waals surface area (Å²) in [6.45, 7) is 6.08. The zero-order chi connectivity index (χ0) is 16.8. The standard InChI is InChI=1S/C19H33FN2O2/c20-18(13-16-5-2-1-3-6-16)19(23)22-8-4-7-17(15-22)14-21-9-11-24-12-10-21/h16-18H,1-15H2/t17-,18-/m0/s1. The number of morpholine rings is 1. The Balaban J connectivity index is 1.44. The molecule has 5 heteroatoms. The summed E-state index contributed by atoms with van der Waals surface area (Å²) >= 11 is 0. The van der Waals surface area contributed by atoms with Gasteiger partial charge in [0.15, 0.2) is 6.17 Å². The molecule has 1 aliphatic carbocycles. The maximum absolute atomic E-state index is 14.5. The van der Waals surface area contributed by atoms with Crippen LogP contribution in [0.4, 0.5) is 4.39 Å². The predicted octanol–water partition coefficient (Wildman–Crippen LogP) is 2.87. The van der Waals surface area contributed by atoms with Crippen LogP contribution in [0.5, 0.6) is 0 Å². The van der Waals surface area contributed by atoms with E-state index in [0.717, 1.165) is 71.6 Å². The number of carbonyl (C=O) groups is 1. The lowest BCUT2D eigenvalue weighted by Gasteiger charge is -2.37. The Hall–Kier alpha value is -0.680. The molecule has 1 saturated carbocycles. The van der Waals surface area contributed by atoms with Crippen molar-refractivity contribution in [2.45, 2.75) is 57.5 Å². The van der Waals surface area contributed by atoms with E-state index in [2.05, 4.69) is 4.90 Å². The average molecular weight is 340 g/mol. The van der Waals surface area contributed by atoms with Gasteiger partial charge in [0.2, 0.25) is 0 Å². The number of alkyl halides is 1. The number of rotatable bonds is 5. The van der Waals surface area contributed by atoms with Crippen molar-refractivity contribution < 1.29 is 13.9 Å². The summed E-state index contributed by atoms with van der Waals surface area (Å²) in [6, 6.07) is 0. The molecule has 3 rings (SSSR count). The molecule has 24 heavy (non-hydrogen) atoms. The average Bonchev–Trinajstić information content (AvgIpc) is 2.63. The maximum Gasteiger partial charge on any atom is 0.257 e. The van der Waals surface area contributed by atoms with Gasteiger partial charge in [0.05, 0.1) is 13.2 Å². The molecule has 0 spiro atoms. The van der Waals surface area contributed by atoms with Crippen LogP contribution >= 0.6 is 0 Å². The number of halogens is 1. The second-order valence-corrected chi connectivity index (χ2v) is 7.91. The first-order chi connectivity index (χ1) is 11.7. The summed E-state index contributed by atoms with van der Waals surface area (Å²) < 4.78 is 19.9. The molecule has 138 valence electrons. The van der Waals surface area contributed by atoms with Crippen LogP contribution < -0.4 is 0 Å². The van der Waals surface area contributed by atoms with Gasteiger partial charge in [0.1, 0.15) is 0 Å². The minimum absolute atomic E-state index is 0.243. The summed E-state index contributed by atoms with van der Waals surface area (Å²) in [4.78, 5) is 16.8. The third kappa shape index (κ3) is 5.16. The monoisotopic (exact) mass is 340 g/mol. The lowest BCUT2D eigenvalue weighted by atomic mass is 9.85. The quantitative estimate of drug-likeness (QED) is 0.771. The molecule has 2 aliphatic heterocycles. The second kappa shape index (κ2) is 9.14. The summed E-state index contributed by atoms with van der Waals surface area (Å²) in [5.74, 6) is 0.668. The van der Waals surface area contributed by atoms with Crippen molar-refractivity contribution in [3.05, 3.63) is 0 Å². The molecule has 3 fully saturated rings. The van der Waals surface area contributed by atoms with Crippen molar-refractivity contribution in [1.82, 2.24) is 9.80 Å². The van der Waals surface area contributed by atoms with E-state index in [1.54, 1.807) is 0 Å². The Bertz CT molecular complexity index is 395. The summed E-state index contributed by atoms with van der Waals surface area (Å²) in [7, 11) is 0. The summed E-state index contributed by atoms with van der Waals surface area (Å²) in [6.07, 6.45) is 7.22. The fourth-order valence-electron chi connectivity index (χ4n) is 4.58. The number of likely N-dealkylation sites (tertiary alicyclic amines) is 1. The van der Waals surface area contributed by atoms with E-state index in [0.29, 0.717) is 18.3 Å². The zero-order valence-corrected chi connectivity index (χ0v) is 14.9. The molecule has 0 aromatic rings. The van der Waals surface area contributed by atoms with Gasteiger partial charge in [0.25, 0.3) is 5.91 Å². The van der Waals surface area contributed by atoms with Gasteiger partial charge in [0, 0.05) is 32.7 Å². The van der Waals surface area contributed by atoms with E-state index < -0.39 is 6.17 Å². The first-order valence-corrected chi connectivity index (χ1v) is 9.95. The SMILES string of the molecule is O=C([C@@H](F)CC1CCCCC1)N1CCC[C@@H](CN2CCOCC2)C1. The van der Waals surface area contributed by atoms with Gasteiger partial charge in [-0.15, -0.1) is 0 Å². The minimum atomic E-state index is -1.28. The van der Waals surface area contributed by atoms with E-state index in [4.69, 9.17) is 4.74 Å². The van der Waals surface area contributed by atoms with E-state index >= 15 is 0 Å². The van der Waals surface area contributed by atoms with Crippen molar-refractivity contribution in [3.63, 3.8) is 0 Å². The third-order valence-corrected chi connectivity index (χ3v) is 5.98. The molecule has 2 saturated heterocycles. The fraction of sp³-hybridized carbons (Fsp3) is 0.947. The fourth-order valence-corrected chi connectivity index (χ4v) is 4.58. The number of piperidine rings is 1. The number of amides is 1. The Morgan fingerprint density at radius 2 is 1.71 bits per heavy atom. The van der Waals surface area contributed by atoms with Crippen LogP contribution in [-0.4, -0.2) is 67.8 Å². The van der Waals surface area contributed by atoms with E-state index in [1.807, 2.05) is 4.90 Å². The molecule has 4 nitrogen and oxygen atoms in total. The predicted molar refractivity (Wildman–Crippen MR) is 92.7 cm³/mol. The molecule has 0 aromatic carbocycles. The molecule has 0 unspecified atom stereocenters. The first kappa shape index (κ1) is 18.1. The van der Waals surface area contributed by atoms with E-state index in [1.165, 1.54) is 19.3 Å². The van der Waals surface area contributed by atoms with Crippen molar-refractivity contribution >= 4 is 5.91 Å². The highest BCUT2D eigenvalue weighted by molar-refractivity contribution is 5.80. The van der Waals surface area contributed by atoms with Crippen LogP contribution in [0.15, 0.2) is 0 Å². The molecule has 1 amide bonds. The third-order valence-electron chi connectivity index (χ3n) is 5.98. The summed E-state index contributed by atoms with van der Waals surface area (Å²) in [5, 5.41) is 0. The van der Waals surface area contributed by atoms with E-state index in [9.17, 15) is 9.18 Å². The smallest absolute Gasteiger partial charge is 0.257 e. The van der Waals surface area contributed by atoms with Crippen LogP contribution in [0.25, 0.3) is 0 Å². The normalized spacial score (nSPS) is 28.7. The van der Waals surface area contributed by atoms with Crippen LogP contribution in [0.1, 0.15) is 51.4 Å². The molecule has 0 bridgehead atoms. The Labute approximate surface area is 145 Å². The molecule has 0 N–H and O–H groups in total. The van der Waals surface area contributed by atoms with Gasteiger partial charge >= 0.3 is 0 Å². The van der Waals surface area contributed by atoms with Crippen molar-refractivity contribution in [3.8, 4) is 0 Å². The van der Waals surface area contributed by atoms with Crippen molar-refractivity contribution in [2.75, 3.05) is 45.9 Å². The van der Waals surface area contributed by atoms with E-state index in [-0.39, 0.29) is 5.91 Å². The van der Waals surface area contributed by atoms with Crippen LogP contribution in [0.2, 0.25) is 0 Å². The van der Waals surface area contributed by atoms with Gasteiger partial charge in [-0.2, -0.15) is 0 Å². The Morgan fingerprint density at radius 1 is 1.00 bits per heavy atom. The number of carbonyl (C=O) groups excluding carboxylic acids is 1. The molecule has 2 atom stereocenters. The van der Waals surface area contributed by atoms with Gasteiger partial charge < -0.3 is 9.64 Å². The highest BCUT2D eigenvalue weighted by atomic mass is 19.1. The van der Waals surface area contributed by atoms with Gasteiger partial charge in [-0.25, -0.2) is 4.39 Å². The maximum atomic E-state index is 14.5. The molecule has 2 heterocycles. The largest absolute Gasteiger partial charge is 0.379 e. The number of nitrogens with zero attached hydrogens (tertiary/aromatic N) is 2. The topological polar surface area (TPSA) is 32.8 Å². The lowest BCUT2D eigenvalue weighted by Crippen LogP contribution is -2.48. The molecule has 3 aliphatic rings. The Kier molecular flexibility index (Phi) is 6.90. The van der Waals surface area contributed by atoms with Crippen molar-refractivity contribution in [2.24, 2.45) is 11.8 Å². The molecule has 0 radical (unpaired) electrons. The van der Waals surface area contributed by atoms with Gasteiger partial charge in [-0.3, -0.25) is 9.69 Å². The number of ether oxygens (including phenoxy) is 1. The number of hydrogen-bond donors (Lipinski definition) is 0. The zero-order valence-electron chi connectivity index (χ0n) is 14.9. The van der Waals surface area contributed by atoms with Gasteiger partial charge in [-0.1, -0.05) is 32.1 Å². The molecular weight excluding hydrogens is 307 g/mol. The van der Waals surface area contributed by atoms with Crippen LogP contribution in [0, 0.1) is 11.8 Å². The van der Waals surface area contributed by atoms with Gasteiger partial charge in [-0.05, 0) is 31.1 Å².